The molecule has 3 aromatic rings. The summed E-state index contributed by atoms with van der Waals surface area (Å²) < 4.78 is 5.65. The van der Waals surface area contributed by atoms with Crippen molar-refractivity contribution in [2.45, 2.75) is 78.6 Å². The van der Waals surface area contributed by atoms with Gasteiger partial charge in [0.1, 0.15) is 0 Å². The molecule has 0 aliphatic heterocycles. The van der Waals surface area contributed by atoms with Crippen LogP contribution in [-0.4, -0.2) is 24.7 Å². The molecule has 0 spiro atoms. The normalized spacial score (nSPS) is 13.4. The van der Waals surface area contributed by atoms with E-state index in [4.69, 9.17) is 0 Å². The molecular formula is C32H37Sb. The van der Waals surface area contributed by atoms with E-state index in [9.17, 15) is 0 Å². The number of fused-ring (bicyclic) bond motifs is 3. The van der Waals surface area contributed by atoms with Gasteiger partial charge in [0.15, 0.2) is 0 Å². The van der Waals surface area contributed by atoms with E-state index in [2.05, 4.69) is 127 Å². The first-order chi connectivity index (χ1) is 15.3. The molecular weight excluding hydrogens is 506 g/mol. The van der Waals surface area contributed by atoms with Crippen molar-refractivity contribution in [3.8, 4) is 11.1 Å². The summed E-state index contributed by atoms with van der Waals surface area (Å²) in [5.74, 6) is 0. The van der Waals surface area contributed by atoms with Crippen molar-refractivity contribution in [2.24, 2.45) is 0 Å². The summed E-state index contributed by atoms with van der Waals surface area (Å²) in [5.41, 5.74) is 11.5. The first-order valence-corrected chi connectivity index (χ1v) is 14.6. The third kappa shape index (κ3) is 4.71. The number of benzene rings is 3. The van der Waals surface area contributed by atoms with Crippen LogP contribution in [0, 0.1) is 0 Å². The fourth-order valence-electron chi connectivity index (χ4n) is 4.58. The Morgan fingerprint density at radius 1 is 0.545 bits per heavy atom. The van der Waals surface area contributed by atoms with Crippen molar-refractivity contribution >= 4 is 33.8 Å². The molecule has 33 heavy (non-hydrogen) atoms. The molecule has 1 heteroatoms. The summed E-state index contributed by atoms with van der Waals surface area (Å²) in [5, 5.41) is 0. The Morgan fingerprint density at radius 2 is 0.939 bits per heavy atom. The van der Waals surface area contributed by atoms with Crippen LogP contribution < -0.4 is 3.51 Å². The molecule has 0 radical (unpaired) electrons. The summed E-state index contributed by atoms with van der Waals surface area (Å²) >= 11 is -0.912. The van der Waals surface area contributed by atoms with Crippen LogP contribution in [0.1, 0.15) is 90.1 Å². The van der Waals surface area contributed by atoms with Gasteiger partial charge in [-0.15, -0.1) is 0 Å². The Hall–Kier alpha value is -1.87. The molecule has 3 aromatic carbocycles. The van der Waals surface area contributed by atoms with Crippen molar-refractivity contribution in [2.75, 3.05) is 0 Å². The van der Waals surface area contributed by atoms with Crippen molar-refractivity contribution in [3.63, 3.8) is 0 Å². The van der Waals surface area contributed by atoms with E-state index in [1.807, 2.05) is 0 Å². The zero-order chi connectivity index (χ0) is 24.2. The van der Waals surface area contributed by atoms with Gasteiger partial charge >= 0.3 is 212 Å². The fourth-order valence-corrected chi connectivity index (χ4v) is 8.88. The van der Waals surface area contributed by atoms with Crippen LogP contribution in [0.5, 0.6) is 0 Å². The number of hydrogen-bond donors (Lipinski definition) is 0. The Labute approximate surface area is 211 Å². The van der Waals surface area contributed by atoms with E-state index < -0.39 is 21.1 Å². The second-order valence-electron chi connectivity index (χ2n) is 12.4. The molecule has 0 unspecified atom stereocenters. The topological polar surface area (TPSA) is 0 Å². The molecule has 0 amide bonds. The van der Waals surface area contributed by atoms with Crippen LogP contribution in [0.3, 0.4) is 0 Å². The summed E-state index contributed by atoms with van der Waals surface area (Å²) in [6, 6.07) is 22.7. The molecule has 0 aromatic heterocycles. The van der Waals surface area contributed by atoms with Crippen LogP contribution in [-0.2, 0) is 16.2 Å². The molecule has 1 aliphatic carbocycles. The third-order valence-corrected chi connectivity index (χ3v) is 9.53. The summed E-state index contributed by atoms with van der Waals surface area (Å²) in [6.45, 7) is 21.2. The summed E-state index contributed by atoms with van der Waals surface area (Å²) in [6.07, 6.45) is 0. The second kappa shape index (κ2) is 8.41. The minimum atomic E-state index is -0.912. The molecule has 0 saturated carbocycles. The maximum absolute atomic E-state index is 4.06. The van der Waals surface area contributed by atoms with Crippen LogP contribution in [0.15, 0.2) is 60.7 Å². The molecule has 4 rings (SSSR count). The molecule has 0 nitrogen and oxygen atoms in total. The van der Waals surface area contributed by atoms with E-state index in [1.54, 1.807) is 3.51 Å². The van der Waals surface area contributed by atoms with Crippen LogP contribution in [0.25, 0.3) is 16.7 Å². The first-order valence-electron chi connectivity index (χ1n) is 12.0. The molecule has 0 saturated heterocycles. The van der Waals surface area contributed by atoms with Gasteiger partial charge in [-0.3, -0.25) is 0 Å². The van der Waals surface area contributed by atoms with Crippen LogP contribution >= 0.6 is 0 Å². The molecule has 0 heterocycles. The Bertz CT molecular complexity index is 1190. The van der Waals surface area contributed by atoms with Crippen LogP contribution in [0.2, 0.25) is 0 Å². The minimum absolute atomic E-state index is 0.101. The summed E-state index contributed by atoms with van der Waals surface area (Å²) in [4.78, 5) is 0. The van der Waals surface area contributed by atoms with E-state index >= 15 is 0 Å². The van der Waals surface area contributed by atoms with Gasteiger partial charge in [0.25, 0.3) is 0 Å². The monoisotopic (exact) mass is 542 g/mol. The van der Waals surface area contributed by atoms with E-state index in [-0.39, 0.29) is 16.2 Å². The predicted molar refractivity (Wildman–Crippen MR) is 147 cm³/mol. The molecule has 0 fully saturated rings. The first kappa shape index (κ1) is 24.3. The SMILES string of the molecule is CC(C)(C)c1cc(C(C)(C)C)[c]([Sb]=[C]=C2c3ccccc3-c3ccccc32)c(C(C)(C)C)c1. The fraction of sp³-hybridized carbons (Fsp3) is 0.375. The second-order valence-corrected chi connectivity index (χ2v) is 14.9. The van der Waals surface area contributed by atoms with Crippen molar-refractivity contribution in [1.82, 2.24) is 0 Å². The zero-order valence-corrected chi connectivity index (χ0v) is 24.3. The number of hydrogen-bond acceptors (Lipinski definition) is 0. The van der Waals surface area contributed by atoms with Crippen molar-refractivity contribution in [3.05, 3.63) is 88.5 Å². The zero-order valence-electron chi connectivity index (χ0n) is 21.7. The molecule has 1 aliphatic rings. The van der Waals surface area contributed by atoms with Gasteiger partial charge in [0.05, 0.1) is 0 Å². The van der Waals surface area contributed by atoms with Crippen molar-refractivity contribution in [1.29, 1.82) is 0 Å². The van der Waals surface area contributed by atoms with Gasteiger partial charge in [0, 0.05) is 0 Å². The summed E-state index contributed by atoms with van der Waals surface area (Å²) in [7, 11) is 0. The van der Waals surface area contributed by atoms with E-state index in [0.29, 0.717) is 0 Å². The standard InChI is InChI=1S/C18H29.C14H8.Sb/c1-16(2,3)13-10-14(17(4,5)6)12-15(11-13)18(7,8)9;1-10-11-6-2-4-8-13(11)14-9-5-3-7-12(10)14;/h10-11H,1-9H3;2-9H;. The average molecular weight is 543 g/mol. The van der Waals surface area contributed by atoms with Crippen LogP contribution in [0.4, 0.5) is 0 Å². The average Bonchev–Trinajstić information content (AvgIpc) is 3.03. The van der Waals surface area contributed by atoms with Gasteiger partial charge in [-0.05, 0) is 0 Å². The quantitative estimate of drug-likeness (QED) is 0.219. The third-order valence-electron chi connectivity index (χ3n) is 6.55. The maximum atomic E-state index is 4.06. The van der Waals surface area contributed by atoms with Gasteiger partial charge in [-0.2, -0.15) is 0 Å². The van der Waals surface area contributed by atoms with Gasteiger partial charge in [-0.25, -0.2) is 0 Å². The van der Waals surface area contributed by atoms with E-state index in [1.165, 1.54) is 44.5 Å². The molecule has 0 atom stereocenters. The molecule has 0 N–H and O–H groups in total. The molecule has 0 bridgehead atoms. The Balaban J connectivity index is 2.05. The Morgan fingerprint density at radius 3 is 1.30 bits per heavy atom. The van der Waals surface area contributed by atoms with Gasteiger partial charge in [0.2, 0.25) is 0 Å². The Kier molecular flexibility index (Phi) is 6.18. The van der Waals surface area contributed by atoms with Crippen molar-refractivity contribution < 1.29 is 0 Å². The van der Waals surface area contributed by atoms with E-state index in [0.717, 1.165) is 0 Å². The van der Waals surface area contributed by atoms with Gasteiger partial charge in [-0.1, -0.05) is 0 Å². The number of rotatable bonds is 1. The van der Waals surface area contributed by atoms with Gasteiger partial charge < -0.3 is 0 Å². The molecule has 170 valence electrons. The predicted octanol–water partition coefficient (Wildman–Crippen LogP) is 7.42.